The average Bonchev–Trinajstić information content (AvgIpc) is 3.19. The summed E-state index contributed by atoms with van der Waals surface area (Å²) in [6, 6.07) is -0.188. The number of halogens is 3. The van der Waals surface area contributed by atoms with Crippen molar-refractivity contribution in [3.63, 3.8) is 0 Å². The molecule has 2 atom stereocenters. The van der Waals surface area contributed by atoms with Crippen molar-refractivity contribution >= 4 is 18.0 Å². The van der Waals surface area contributed by atoms with Gasteiger partial charge in [0.05, 0.1) is 17.3 Å². The highest BCUT2D eigenvalue weighted by Gasteiger charge is 2.55. The van der Waals surface area contributed by atoms with Gasteiger partial charge in [-0.2, -0.15) is 18.3 Å². The van der Waals surface area contributed by atoms with Gasteiger partial charge in [-0.3, -0.25) is 9.59 Å². The fourth-order valence-electron chi connectivity index (χ4n) is 6.52. The summed E-state index contributed by atoms with van der Waals surface area (Å²) in [6.45, 7) is 5.13. The molecule has 1 heterocycles. The maximum atomic E-state index is 14.0. The minimum atomic E-state index is -4.80. The minimum Gasteiger partial charge on any atom is -0.396 e. The third-order valence-corrected chi connectivity index (χ3v) is 7.76. The van der Waals surface area contributed by atoms with Crippen LogP contribution < -0.4 is 10.6 Å². The molecule has 4 saturated carbocycles. The Morgan fingerprint density at radius 2 is 1.88 bits per heavy atom. The highest BCUT2D eigenvalue weighted by Crippen LogP contribution is 2.59. The van der Waals surface area contributed by atoms with Crippen LogP contribution >= 0.6 is 0 Å². The highest BCUT2D eigenvalue weighted by molar-refractivity contribution is 5.95. The number of aliphatic hydroxyl groups is 1. The molecule has 4 aliphatic carbocycles. The van der Waals surface area contributed by atoms with Gasteiger partial charge in [-0.1, -0.05) is 6.92 Å². The molecule has 0 spiro atoms. The van der Waals surface area contributed by atoms with Gasteiger partial charge in [-0.05, 0) is 75.2 Å². The van der Waals surface area contributed by atoms with E-state index in [-0.39, 0.29) is 42.2 Å². The van der Waals surface area contributed by atoms with Crippen LogP contribution in [0, 0.1) is 23.2 Å². The van der Waals surface area contributed by atoms with E-state index in [0.717, 1.165) is 44.5 Å². The van der Waals surface area contributed by atoms with Crippen LogP contribution in [0.15, 0.2) is 12.3 Å². The van der Waals surface area contributed by atoms with Gasteiger partial charge in [0.15, 0.2) is 5.69 Å². The molecule has 0 aromatic carbocycles. The molecule has 1 aromatic heterocycles. The number of nitrogens with one attached hydrogen (secondary N) is 2. The van der Waals surface area contributed by atoms with Crippen LogP contribution in [0.25, 0.3) is 6.20 Å². The molecule has 4 fully saturated rings. The number of rotatable bonds is 7. The van der Waals surface area contributed by atoms with E-state index in [4.69, 9.17) is 0 Å². The monoisotopic (exact) mass is 482 g/mol. The second-order valence-electron chi connectivity index (χ2n) is 10.9. The average molecular weight is 483 g/mol. The van der Waals surface area contributed by atoms with Crippen molar-refractivity contribution in [1.82, 2.24) is 20.4 Å². The number of carbonyl (C=O) groups is 2. The molecule has 1 aromatic rings. The molecule has 7 nitrogen and oxygen atoms in total. The largest absolute Gasteiger partial charge is 0.434 e. The van der Waals surface area contributed by atoms with E-state index in [1.165, 1.54) is 6.08 Å². The van der Waals surface area contributed by atoms with E-state index in [2.05, 4.69) is 15.7 Å². The number of nitrogens with zero attached hydrogens (tertiary/aromatic N) is 2. The molecule has 5 rings (SSSR count). The van der Waals surface area contributed by atoms with Crippen LogP contribution in [0.4, 0.5) is 13.2 Å². The third kappa shape index (κ3) is 4.74. The second-order valence-corrected chi connectivity index (χ2v) is 10.9. The minimum absolute atomic E-state index is 0.0927. The van der Waals surface area contributed by atoms with Gasteiger partial charge in [0.2, 0.25) is 5.91 Å². The molecule has 188 valence electrons. The summed E-state index contributed by atoms with van der Waals surface area (Å²) in [5.41, 5.74) is -2.65. The lowest BCUT2D eigenvalue weighted by atomic mass is 9.48. The van der Waals surface area contributed by atoms with E-state index in [9.17, 15) is 27.9 Å². The summed E-state index contributed by atoms with van der Waals surface area (Å²) in [6.07, 6.45) is 3.43. The first kappa shape index (κ1) is 24.8. The smallest absolute Gasteiger partial charge is 0.396 e. The van der Waals surface area contributed by atoms with Crippen LogP contribution in [-0.2, 0) is 11.0 Å². The van der Waals surface area contributed by atoms with Gasteiger partial charge in [0, 0.05) is 25.3 Å². The normalized spacial score (nSPS) is 30.7. The van der Waals surface area contributed by atoms with Gasteiger partial charge < -0.3 is 15.7 Å². The Kier molecular flexibility index (Phi) is 6.33. The van der Waals surface area contributed by atoms with Crippen molar-refractivity contribution in [3.05, 3.63) is 23.5 Å². The molecule has 3 N–H and O–H groups in total. The lowest BCUT2D eigenvalue weighted by Gasteiger charge is -2.59. The number of alkyl halides is 3. The zero-order valence-corrected chi connectivity index (χ0v) is 19.8. The summed E-state index contributed by atoms with van der Waals surface area (Å²) < 4.78 is 42.6. The molecular weight excluding hydrogens is 449 g/mol. The van der Waals surface area contributed by atoms with E-state index in [1.807, 2.05) is 0 Å². The molecular formula is C24H33F3N4O3. The number of aliphatic hydroxyl groups excluding tert-OH is 1. The van der Waals surface area contributed by atoms with Gasteiger partial charge >= 0.3 is 6.18 Å². The fourth-order valence-corrected chi connectivity index (χ4v) is 6.52. The molecule has 0 radical (unpaired) electrons. The zero-order valence-electron chi connectivity index (χ0n) is 19.8. The Bertz CT molecular complexity index is 969. The Hall–Kier alpha value is -2.36. The maximum Gasteiger partial charge on any atom is 0.434 e. The van der Waals surface area contributed by atoms with Gasteiger partial charge in [-0.25, -0.2) is 4.68 Å². The number of hydrogen-bond acceptors (Lipinski definition) is 4. The first-order chi connectivity index (χ1) is 15.9. The first-order valence-electron chi connectivity index (χ1n) is 11.9. The number of aromatic nitrogens is 2. The molecule has 4 aliphatic rings. The van der Waals surface area contributed by atoms with Crippen molar-refractivity contribution in [2.24, 2.45) is 23.2 Å². The molecule has 10 heteroatoms. The van der Waals surface area contributed by atoms with E-state index >= 15 is 0 Å². The molecule has 2 amide bonds. The quantitative estimate of drug-likeness (QED) is 0.553. The maximum absolute atomic E-state index is 14.0. The zero-order chi connectivity index (χ0) is 24.9. The Labute approximate surface area is 197 Å². The summed E-state index contributed by atoms with van der Waals surface area (Å²) in [5, 5.41) is 19.3. The Balaban J connectivity index is 1.54. The SMILES string of the molecule is CCC(=O)NC(C)(C)/C=C/n1ncc(C(=O)NC2C3CC4CC2CC(CO)(C4)C3)c1C(F)(F)F. The van der Waals surface area contributed by atoms with Gasteiger partial charge in [0.25, 0.3) is 5.91 Å². The number of hydrogen-bond donors (Lipinski definition) is 3. The lowest BCUT2D eigenvalue weighted by Crippen LogP contribution is -2.60. The third-order valence-electron chi connectivity index (χ3n) is 7.76. The fraction of sp³-hybridized carbons (Fsp3) is 0.708. The van der Waals surface area contributed by atoms with Crippen LogP contribution in [0.1, 0.15) is 75.3 Å². The van der Waals surface area contributed by atoms with Crippen molar-refractivity contribution in [1.29, 1.82) is 0 Å². The highest BCUT2D eigenvalue weighted by atomic mass is 19.4. The van der Waals surface area contributed by atoms with Crippen molar-refractivity contribution < 1.29 is 27.9 Å². The van der Waals surface area contributed by atoms with Crippen LogP contribution in [0.2, 0.25) is 0 Å². The molecule has 2 unspecified atom stereocenters. The molecule has 0 saturated heterocycles. The van der Waals surface area contributed by atoms with Crippen LogP contribution in [0.3, 0.4) is 0 Å². The summed E-state index contributed by atoms with van der Waals surface area (Å²) in [5.74, 6) is -0.136. The van der Waals surface area contributed by atoms with E-state index < -0.39 is 28.9 Å². The standard InChI is InChI=1S/C24H33F3N4O3/c1-4-18(33)30-22(2,3)5-6-31-20(24(25,26)27)17(12-28-31)21(34)29-19-15-7-14-8-16(19)11-23(9-14,10-15)13-32/h5-6,12,14-16,19,32H,4,7-11,13H2,1-3H3,(H,29,34)(H,30,33)/b6-5+. The van der Waals surface area contributed by atoms with Crippen molar-refractivity contribution in [2.45, 2.75) is 77.1 Å². The molecule has 4 bridgehead atoms. The van der Waals surface area contributed by atoms with Gasteiger partial charge in [-0.15, -0.1) is 0 Å². The predicted molar refractivity (Wildman–Crippen MR) is 119 cm³/mol. The van der Waals surface area contributed by atoms with E-state index in [1.54, 1.807) is 20.8 Å². The molecule has 0 aliphatic heterocycles. The lowest BCUT2D eigenvalue weighted by molar-refractivity contribution is -0.143. The van der Waals surface area contributed by atoms with Crippen molar-refractivity contribution in [3.8, 4) is 0 Å². The summed E-state index contributed by atoms with van der Waals surface area (Å²) in [4.78, 5) is 24.7. The Morgan fingerprint density at radius 1 is 1.24 bits per heavy atom. The molecule has 34 heavy (non-hydrogen) atoms. The summed E-state index contributed by atoms with van der Waals surface area (Å²) >= 11 is 0. The van der Waals surface area contributed by atoms with Crippen molar-refractivity contribution in [2.75, 3.05) is 6.61 Å². The van der Waals surface area contributed by atoms with Gasteiger partial charge in [0.1, 0.15) is 0 Å². The number of carbonyl (C=O) groups excluding carboxylic acids is 2. The van der Waals surface area contributed by atoms with Crippen LogP contribution in [-0.4, -0.2) is 44.9 Å². The number of amides is 2. The summed E-state index contributed by atoms with van der Waals surface area (Å²) in [7, 11) is 0. The second kappa shape index (κ2) is 8.70. The van der Waals surface area contributed by atoms with Crippen LogP contribution in [0.5, 0.6) is 0 Å². The predicted octanol–water partition coefficient (Wildman–Crippen LogP) is 3.59. The Morgan fingerprint density at radius 3 is 2.44 bits per heavy atom. The first-order valence-corrected chi connectivity index (χ1v) is 11.9. The topological polar surface area (TPSA) is 96.2 Å². The van der Waals surface area contributed by atoms with E-state index in [0.29, 0.717) is 10.6 Å².